The third-order valence-electron chi connectivity index (χ3n) is 4.91. The van der Waals surface area contributed by atoms with Crippen LogP contribution in [0, 0.1) is 0 Å². The molecule has 4 rings (SSSR count). The van der Waals surface area contributed by atoms with Crippen molar-refractivity contribution in [3.05, 3.63) is 52.8 Å². The van der Waals surface area contributed by atoms with E-state index in [1.165, 1.54) is 14.2 Å². The number of esters is 2. The summed E-state index contributed by atoms with van der Waals surface area (Å²) in [6.45, 7) is 1.57. The van der Waals surface area contributed by atoms with E-state index >= 15 is 0 Å². The number of ether oxygens (including phenoxy) is 4. The molecule has 3 aromatic rings. The maximum atomic E-state index is 13.0. The van der Waals surface area contributed by atoms with Crippen molar-refractivity contribution >= 4 is 39.4 Å². The van der Waals surface area contributed by atoms with E-state index in [9.17, 15) is 14.4 Å². The highest BCUT2D eigenvalue weighted by atomic mass is 32.1. The molecule has 166 valence electrons. The van der Waals surface area contributed by atoms with Gasteiger partial charge in [-0.15, -0.1) is 0 Å². The summed E-state index contributed by atoms with van der Waals surface area (Å²) >= 11 is 1.16. The van der Waals surface area contributed by atoms with E-state index in [0.29, 0.717) is 27.3 Å². The molecule has 0 bridgehead atoms. The van der Waals surface area contributed by atoms with Crippen molar-refractivity contribution in [2.45, 2.75) is 25.7 Å². The first-order valence-corrected chi connectivity index (χ1v) is 10.5. The number of carbonyl (C=O) groups is 3. The molecule has 0 N–H and O–H groups in total. The van der Waals surface area contributed by atoms with E-state index < -0.39 is 30.1 Å². The molecule has 32 heavy (non-hydrogen) atoms. The van der Waals surface area contributed by atoms with Crippen LogP contribution in [0.25, 0.3) is 10.2 Å². The Kier molecular flexibility index (Phi) is 5.95. The Hall–Kier alpha value is -3.66. The van der Waals surface area contributed by atoms with Gasteiger partial charge in [0.05, 0.1) is 30.0 Å². The highest BCUT2D eigenvalue weighted by Crippen LogP contribution is 2.33. The van der Waals surface area contributed by atoms with Gasteiger partial charge in [-0.05, 0) is 37.3 Å². The summed E-state index contributed by atoms with van der Waals surface area (Å²) in [5.41, 5.74) is 0.970. The number of benzene rings is 2. The highest BCUT2D eigenvalue weighted by molar-refractivity contribution is 7.16. The van der Waals surface area contributed by atoms with Gasteiger partial charge in [0, 0.05) is 0 Å². The Morgan fingerprint density at radius 1 is 1.06 bits per heavy atom. The van der Waals surface area contributed by atoms with E-state index in [2.05, 4.69) is 4.99 Å². The van der Waals surface area contributed by atoms with Gasteiger partial charge in [0.2, 0.25) is 6.10 Å². The number of para-hydroxylation sites is 2. The number of thiazole rings is 1. The summed E-state index contributed by atoms with van der Waals surface area (Å²) in [4.78, 5) is 41.4. The number of aromatic nitrogens is 1. The van der Waals surface area contributed by atoms with E-state index in [1.807, 2.05) is 6.07 Å². The van der Waals surface area contributed by atoms with Crippen LogP contribution in [0.2, 0.25) is 0 Å². The molecule has 2 unspecified atom stereocenters. The first-order chi connectivity index (χ1) is 15.4. The molecule has 0 saturated heterocycles. The van der Waals surface area contributed by atoms with Crippen molar-refractivity contribution in [2.24, 2.45) is 4.99 Å². The third kappa shape index (κ3) is 4.09. The maximum Gasteiger partial charge on any atom is 0.337 e. The molecule has 2 atom stereocenters. The quantitative estimate of drug-likeness (QED) is 0.555. The zero-order valence-corrected chi connectivity index (χ0v) is 18.4. The van der Waals surface area contributed by atoms with Crippen molar-refractivity contribution in [2.75, 3.05) is 14.2 Å². The minimum absolute atomic E-state index is 0.152. The lowest BCUT2D eigenvalue weighted by Crippen LogP contribution is -2.43. The lowest BCUT2D eigenvalue weighted by atomic mass is 10.1. The molecule has 10 heteroatoms. The van der Waals surface area contributed by atoms with Crippen molar-refractivity contribution in [1.29, 1.82) is 0 Å². The van der Waals surface area contributed by atoms with Crippen LogP contribution in [0.3, 0.4) is 0 Å². The zero-order valence-electron chi connectivity index (χ0n) is 17.6. The summed E-state index contributed by atoms with van der Waals surface area (Å²) in [5, 5.41) is 0. The Balaban J connectivity index is 1.76. The summed E-state index contributed by atoms with van der Waals surface area (Å²) in [7, 11) is 2.57. The summed E-state index contributed by atoms with van der Waals surface area (Å²) in [6, 6.07) is 12.0. The number of methoxy groups -OCH3 is 2. The molecular formula is C22H20N2O7S. The highest BCUT2D eigenvalue weighted by Gasteiger charge is 2.34. The molecule has 2 aromatic carbocycles. The van der Waals surface area contributed by atoms with Gasteiger partial charge in [-0.1, -0.05) is 23.5 Å². The standard InChI is InChI=1S/C22H20N2O7S/c1-12-19(31-16-7-5-4-6-15(16)30-12)20(26)23-22-24(11-18(25)28-2)14-9-8-13(21(27)29-3)10-17(14)32-22/h4-10,12,19H,11H2,1-3H3. The van der Waals surface area contributed by atoms with Crippen LogP contribution in [0.5, 0.6) is 11.5 Å². The largest absolute Gasteiger partial charge is 0.482 e. The van der Waals surface area contributed by atoms with Gasteiger partial charge >= 0.3 is 11.9 Å². The number of amides is 1. The normalized spacial score (nSPS) is 17.8. The van der Waals surface area contributed by atoms with E-state index in [1.54, 1.807) is 47.9 Å². The number of nitrogens with zero attached hydrogens (tertiary/aromatic N) is 2. The molecule has 0 spiro atoms. The second-order valence-electron chi connectivity index (χ2n) is 6.98. The van der Waals surface area contributed by atoms with Gasteiger partial charge in [0.25, 0.3) is 5.91 Å². The van der Waals surface area contributed by atoms with Crippen molar-refractivity contribution in [3.63, 3.8) is 0 Å². The Labute approximate surface area is 186 Å². The van der Waals surface area contributed by atoms with Crippen molar-refractivity contribution in [1.82, 2.24) is 4.57 Å². The summed E-state index contributed by atoms with van der Waals surface area (Å²) in [5.74, 6) is -0.530. The lowest BCUT2D eigenvalue weighted by Gasteiger charge is -2.29. The Morgan fingerprint density at radius 3 is 2.47 bits per heavy atom. The SMILES string of the molecule is COC(=O)Cn1c(=NC(=O)C2Oc3ccccc3OC2C)sc2cc(C(=O)OC)ccc21. The maximum absolute atomic E-state index is 13.0. The Bertz CT molecular complexity index is 1280. The van der Waals surface area contributed by atoms with Gasteiger partial charge in [0.1, 0.15) is 12.6 Å². The van der Waals surface area contributed by atoms with Gasteiger partial charge in [0.15, 0.2) is 16.3 Å². The molecular weight excluding hydrogens is 436 g/mol. The second kappa shape index (κ2) is 8.83. The minimum atomic E-state index is -0.952. The Morgan fingerprint density at radius 2 is 1.78 bits per heavy atom. The van der Waals surface area contributed by atoms with Gasteiger partial charge in [-0.25, -0.2) is 4.79 Å². The zero-order chi connectivity index (χ0) is 22.8. The smallest absolute Gasteiger partial charge is 0.337 e. The minimum Gasteiger partial charge on any atom is -0.482 e. The van der Waals surface area contributed by atoms with E-state index in [4.69, 9.17) is 18.9 Å². The van der Waals surface area contributed by atoms with Crippen LogP contribution in [-0.2, 0) is 25.6 Å². The molecule has 1 aliphatic rings. The van der Waals surface area contributed by atoms with Crippen LogP contribution < -0.4 is 14.3 Å². The second-order valence-corrected chi connectivity index (χ2v) is 7.99. The fraction of sp³-hybridized carbons (Fsp3) is 0.273. The predicted molar refractivity (Wildman–Crippen MR) is 115 cm³/mol. The van der Waals surface area contributed by atoms with Gasteiger partial charge in [-0.3, -0.25) is 9.59 Å². The number of fused-ring (bicyclic) bond motifs is 2. The fourth-order valence-electron chi connectivity index (χ4n) is 3.30. The van der Waals surface area contributed by atoms with Crippen molar-refractivity contribution in [3.8, 4) is 11.5 Å². The average molecular weight is 456 g/mol. The van der Waals surface area contributed by atoms with Crippen LogP contribution >= 0.6 is 11.3 Å². The first kappa shape index (κ1) is 21.6. The molecule has 0 saturated carbocycles. The number of hydrogen-bond acceptors (Lipinski definition) is 8. The van der Waals surface area contributed by atoms with Crippen LogP contribution in [-0.4, -0.2) is 48.8 Å². The fourth-order valence-corrected chi connectivity index (χ4v) is 4.37. The molecule has 1 aliphatic heterocycles. The summed E-state index contributed by atoms with van der Waals surface area (Å²) < 4.78 is 23.4. The molecule has 9 nitrogen and oxygen atoms in total. The molecule has 0 radical (unpaired) electrons. The predicted octanol–water partition coefficient (Wildman–Crippen LogP) is 2.32. The number of hydrogen-bond donors (Lipinski definition) is 0. The molecule has 2 heterocycles. The van der Waals surface area contributed by atoms with Crippen LogP contribution in [0.1, 0.15) is 17.3 Å². The van der Waals surface area contributed by atoms with Crippen LogP contribution in [0.15, 0.2) is 47.5 Å². The van der Waals surface area contributed by atoms with Gasteiger partial charge < -0.3 is 23.5 Å². The number of rotatable bonds is 4. The first-order valence-electron chi connectivity index (χ1n) is 9.70. The molecule has 0 fully saturated rings. The van der Waals surface area contributed by atoms with Gasteiger partial charge in [-0.2, -0.15) is 4.99 Å². The summed E-state index contributed by atoms with van der Waals surface area (Å²) in [6.07, 6.45) is -1.51. The molecule has 0 aliphatic carbocycles. The van der Waals surface area contributed by atoms with Crippen LogP contribution in [0.4, 0.5) is 0 Å². The van der Waals surface area contributed by atoms with E-state index in [-0.39, 0.29) is 11.3 Å². The topological polar surface area (TPSA) is 105 Å². The van der Waals surface area contributed by atoms with E-state index in [0.717, 1.165) is 11.3 Å². The molecule has 1 aromatic heterocycles. The average Bonchev–Trinajstić information content (AvgIpc) is 3.13. The molecule has 1 amide bonds. The number of carbonyl (C=O) groups excluding carboxylic acids is 3. The lowest BCUT2D eigenvalue weighted by molar-refractivity contribution is -0.141. The third-order valence-corrected chi connectivity index (χ3v) is 5.95. The monoisotopic (exact) mass is 456 g/mol. The van der Waals surface area contributed by atoms with Crippen molar-refractivity contribution < 1.29 is 33.3 Å².